The predicted octanol–water partition coefficient (Wildman–Crippen LogP) is 3.10. The molecule has 2 aliphatic carbocycles. The summed E-state index contributed by atoms with van der Waals surface area (Å²) in [6, 6.07) is 1.27. The van der Waals surface area contributed by atoms with Crippen LogP contribution in [0.2, 0.25) is 0 Å². The van der Waals surface area contributed by atoms with Gasteiger partial charge in [0.05, 0.1) is 18.4 Å². The molecule has 4 aliphatic rings. The highest BCUT2D eigenvalue weighted by Crippen LogP contribution is 2.45. The largest absolute Gasteiger partial charge is 0.456 e. The Hall–Kier alpha value is -4.73. The number of aromatic nitrogens is 2. The molecule has 2 saturated carbocycles. The Labute approximate surface area is 309 Å². The van der Waals surface area contributed by atoms with Gasteiger partial charge in [-0.15, -0.1) is 6.58 Å². The average molecular weight is 753 g/mol. The van der Waals surface area contributed by atoms with Gasteiger partial charge in [0.2, 0.25) is 21.8 Å². The van der Waals surface area contributed by atoms with E-state index in [1.807, 2.05) is 38.1 Å². The van der Waals surface area contributed by atoms with Crippen molar-refractivity contribution in [1.29, 1.82) is 0 Å². The van der Waals surface area contributed by atoms with Gasteiger partial charge in [-0.2, -0.15) is 0 Å². The molecule has 1 saturated heterocycles. The van der Waals surface area contributed by atoms with Crippen molar-refractivity contribution in [2.24, 2.45) is 16.7 Å². The first-order valence-corrected chi connectivity index (χ1v) is 19.5. The van der Waals surface area contributed by atoms with E-state index in [1.54, 1.807) is 37.6 Å². The molecular formula is C37H48N6O9S. The van der Waals surface area contributed by atoms with Gasteiger partial charge in [-0.05, 0) is 55.1 Å². The predicted molar refractivity (Wildman–Crippen MR) is 194 cm³/mol. The number of imidazole rings is 1. The maximum atomic E-state index is 14.5. The molecule has 15 nitrogen and oxygen atoms in total. The molecule has 2 aromatic heterocycles. The maximum absolute atomic E-state index is 14.5. The molecule has 4 amide bonds. The Morgan fingerprint density at radius 3 is 2.57 bits per heavy atom. The molecule has 6 rings (SSSR count). The van der Waals surface area contributed by atoms with E-state index in [4.69, 9.17) is 9.47 Å². The van der Waals surface area contributed by atoms with Crippen molar-refractivity contribution < 1.29 is 41.9 Å². The number of esters is 1. The van der Waals surface area contributed by atoms with Crippen LogP contribution in [0.1, 0.15) is 89.2 Å². The summed E-state index contributed by atoms with van der Waals surface area (Å²) in [5.74, 6) is -3.59. The number of carbonyl (C=O) groups is 5. The summed E-state index contributed by atoms with van der Waals surface area (Å²) in [6.45, 7) is 12.8. The van der Waals surface area contributed by atoms with Gasteiger partial charge in [-0.3, -0.25) is 19.1 Å². The lowest BCUT2D eigenvalue weighted by Gasteiger charge is -2.35. The van der Waals surface area contributed by atoms with Crippen molar-refractivity contribution in [2.45, 2.75) is 102 Å². The number of pyridine rings is 1. The number of nitrogens with zero attached hydrogens (tertiary/aromatic N) is 3. The second-order valence-corrected chi connectivity index (χ2v) is 18.4. The van der Waals surface area contributed by atoms with Crippen LogP contribution in [-0.2, 0) is 33.9 Å². The number of carbonyl (C=O) groups excluding carboxylic acids is 5. The van der Waals surface area contributed by atoms with E-state index >= 15 is 0 Å². The molecule has 0 radical (unpaired) electrons. The van der Waals surface area contributed by atoms with Crippen LogP contribution in [0.15, 0.2) is 43.3 Å². The molecule has 0 unspecified atom stereocenters. The van der Waals surface area contributed by atoms with Crippen LogP contribution in [0, 0.1) is 16.7 Å². The number of rotatable bonds is 6. The molecule has 4 bridgehead atoms. The monoisotopic (exact) mass is 752 g/mol. The number of ether oxygens (including phenoxy) is 2. The number of allylic oxidation sites excluding steroid dienone is 1. The molecule has 0 spiro atoms. The fourth-order valence-electron chi connectivity index (χ4n) is 6.86. The van der Waals surface area contributed by atoms with Crippen LogP contribution < -0.4 is 15.4 Å². The van der Waals surface area contributed by atoms with Crippen molar-refractivity contribution in [1.82, 2.24) is 29.6 Å². The normalized spacial score (nSPS) is 28.7. The van der Waals surface area contributed by atoms with Crippen molar-refractivity contribution in [3.63, 3.8) is 0 Å². The summed E-state index contributed by atoms with van der Waals surface area (Å²) in [4.78, 5) is 74.6. The summed E-state index contributed by atoms with van der Waals surface area (Å²) >= 11 is 0. The van der Waals surface area contributed by atoms with Gasteiger partial charge in [0.25, 0.3) is 5.91 Å². The molecule has 0 aromatic carbocycles. The van der Waals surface area contributed by atoms with E-state index in [0.717, 1.165) is 5.56 Å². The molecule has 5 atom stereocenters. The third-order valence-corrected chi connectivity index (χ3v) is 12.2. The van der Waals surface area contributed by atoms with E-state index in [9.17, 15) is 32.4 Å². The van der Waals surface area contributed by atoms with Crippen LogP contribution in [0.3, 0.4) is 0 Å². The molecule has 4 heterocycles. The van der Waals surface area contributed by atoms with Gasteiger partial charge in [0.15, 0.2) is 5.69 Å². The summed E-state index contributed by atoms with van der Waals surface area (Å²) in [5.41, 5.74) is -1.53. The van der Waals surface area contributed by atoms with Gasteiger partial charge >= 0.3 is 12.1 Å². The van der Waals surface area contributed by atoms with Gasteiger partial charge < -0.3 is 29.4 Å². The number of fused-ring (bicyclic) bond motifs is 3. The van der Waals surface area contributed by atoms with E-state index in [-0.39, 0.29) is 31.7 Å². The maximum Gasteiger partial charge on any atom is 0.407 e. The topological polar surface area (TPSA) is 195 Å². The van der Waals surface area contributed by atoms with Gasteiger partial charge in [-0.25, -0.2) is 23.0 Å². The Bertz CT molecular complexity index is 1980. The highest BCUT2D eigenvalue weighted by atomic mass is 32.2. The zero-order chi connectivity index (χ0) is 38.5. The van der Waals surface area contributed by atoms with Crippen LogP contribution in [0.25, 0.3) is 11.7 Å². The van der Waals surface area contributed by atoms with Crippen LogP contribution >= 0.6 is 0 Å². The summed E-state index contributed by atoms with van der Waals surface area (Å²) in [6.07, 6.45) is 9.10. The summed E-state index contributed by atoms with van der Waals surface area (Å²) < 4.78 is 40.7. The second kappa shape index (κ2) is 13.9. The fourth-order valence-corrected chi connectivity index (χ4v) is 8.22. The van der Waals surface area contributed by atoms with Crippen molar-refractivity contribution in [2.75, 3.05) is 13.2 Å². The van der Waals surface area contributed by atoms with Gasteiger partial charge in [0, 0.05) is 30.3 Å². The molecule has 2 aromatic rings. The smallest absolute Gasteiger partial charge is 0.407 e. The van der Waals surface area contributed by atoms with Crippen LogP contribution in [0.5, 0.6) is 0 Å². The quantitative estimate of drug-likeness (QED) is 0.292. The lowest BCUT2D eigenvalue weighted by atomic mass is 9.85. The fraction of sp³-hybridized carbons (Fsp3) is 0.568. The van der Waals surface area contributed by atoms with Crippen molar-refractivity contribution in [3.8, 4) is 0 Å². The minimum absolute atomic E-state index is 0.0310. The summed E-state index contributed by atoms with van der Waals surface area (Å²) in [5, 5.41) is 4.77. The highest BCUT2D eigenvalue weighted by molar-refractivity contribution is 7.91. The summed E-state index contributed by atoms with van der Waals surface area (Å²) in [7, 11) is -3.93. The second-order valence-electron chi connectivity index (χ2n) is 16.4. The molecule has 2 aliphatic heterocycles. The molecule has 3 fully saturated rings. The molecule has 53 heavy (non-hydrogen) atoms. The zero-order valence-corrected chi connectivity index (χ0v) is 31.5. The minimum atomic E-state index is -3.93. The number of amides is 4. The number of hydrogen-bond donors (Lipinski definition) is 3. The third-order valence-electron chi connectivity index (χ3n) is 10.3. The number of hydrogen-bond acceptors (Lipinski definition) is 10. The first-order chi connectivity index (χ1) is 24.8. The van der Waals surface area contributed by atoms with E-state index < -0.39 is 85.5 Å². The van der Waals surface area contributed by atoms with Crippen molar-refractivity contribution >= 4 is 51.5 Å². The van der Waals surface area contributed by atoms with E-state index in [1.165, 1.54) is 11.0 Å². The lowest BCUT2D eigenvalue weighted by Crippen LogP contribution is -2.60. The zero-order valence-electron chi connectivity index (χ0n) is 30.7. The van der Waals surface area contributed by atoms with Crippen LogP contribution in [0.4, 0.5) is 4.79 Å². The number of alkyl carbamates (subject to hydrolysis) is 1. The first kappa shape index (κ1) is 38.0. The third kappa shape index (κ3) is 8.11. The number of sulfonamides is 1. The highest BCUT2D eigenvalue weighted by Gasteiger charge is 2.62. The Morgan fingerprint density at radius 2 is 1.91 bits per heavy atom. The Kier molecular flexibility index (Phi) is 9.98. The number of nitrogens with one attached hydrogen (secondary N) is 3. The van der Waals surface area contributed by atoms with Crippen molar-refractivity contribution in [3.05, 3.63) is 54.5 Å². The Balaban J connectivity index is 1.32. The molecule has 16 heteroatoms. The number of cyclic esters (lactones) is 1. The van der Waals surface area contributed by atoms with E-state index in [2.05, 4.69) is 26.9 Å². The molecular weight excluding hydrogens is 705 g/mol. The lowest BCUT2D eigenvalue weighted by molar-refractivity contribution is -0.143. The van der Waals surface area contributed by atoms with Gasteiger partial charge in [0.1, 0.15) is 29.4 Å². The van der Waals surface area contributed by atoms with Crippen LogP contribution in [-0.4, -0.2) is 94.6 Å². The standard InChI is InChI=1S/C37H48N6O9S/c1-7-23-18-37(23,33(47)41-53(49,50)25-13-14-25)40-30(44)27-17-24-19-43(27)31(45)28(35(2,3)4)39-34(48)51-21-36(5,6)15-9-8-11-22-12-10-16-42-20-26(32(46)52-24)38-29(22)42/h7-8,10-12,16,20,23-25,27-28H,1,9,13-15,17-19,21H2,2-6H3,(H,39,48)(H,40,44)(H,41,47)/b11-8+/t23-,24-,27+,28-,37-/m1/s1. The Morgan fingerprint density at radius 1 is 1.17 bits per heavy atom. The minimum Gasteiger partial charge on any atom is -0.456 e. The van der Waals surface area contributed by atoms with E-state index in [0.29, 0.717) is 31.3 Å². The SMILES string of the molecule is C=C[C@@H]1C[C@]1(NC(=O)[C@@H]1C[C@@H]2CN1C(=O)[C@H](C(C)(C)C)NC(=O)OCC(C)(C)CC/C=C/c1cccn3cc(nc13)C(=O)O2)C(=O)NS(=O)(=O)C1CC1. The molecule has 286 valence electrons. The molecule has 3 N–H and O–H groups in total. The average Bonchev–Trinajstić information content (AvgIpc) is 3.97. The van der Waals surface area contributed by atoms with Gasteiger partial charge in [-0.1, -0.05) is 52.8 Å². The first-order valence-electron chi connectivity index (χ1n) is 17.9.